The predicted molar refractivity (Wildman–Crippen MR) is 122 cm³/mol. The molecule has 0 radical (unpaired) electrons. The van der Waals surface area contributed by atoms with Crippen molar-refractivity contribution in [1.82, 2.24) is 10.2 Å². The maximum atomic E-state index is 11.6. The number of likely N-dealkylation sites (tertiary alicyclic amines) is 1. The maximum Gasteiger partial charge on any atom is 0.336 e. The molecular weight excluding hydrogens is 392 g/mol. The maximum absolute atomic E-state index is 11.6. The van der Waals surface area contributed by atoms with E-state index >= 15 is 0 Å². The van der Waals surface area contributed by atoms with Gasteiger partial charge in [0.25, 0.3) is 0 Å². The summed E-state index contributed by atoms with van der Waals surface area (Å²) in [6.45, 7) is 5.20. The fraction of sp³-hybridized carbons (Fsp3) is 0.560. The Kier molecular flexibility index (Phi) is 6.27. The van der Waals surface area contributed by atoms with Crippen molar-refractivity contribution in [1.29, 1.82) is 0 Å². The third kappa shape index (κ3) is 4.80. The molecule has 2 aromatic heterocycles. The van der Waals surface area contributed by atoms with Gasteiger partial charge in [0.15, 0.2) is 0 Å². The first-order valence-corrected chi connectivity index (χ1v) is 11.8. The second-order valence-corrected chi connectivity index (χ2v) is 9.08. The molecule has 3 aromatic rings. The van der Waals surface area contributed by atoms with Gasteiger partial charge >= 0.3 is 5.63 Å². The lowest BCUT2D eigenvalue weighted by Gasteiger charge is -2.33. The van der Waals surface area contributed by atoms with Gasteiger partial charge in [-0.25, -0.2) is 4.79 Å². The average molecular weight is 425 g/mol. The van der Waals surface area contributed by atoms with Gasteiger partial charge in [-0.05, 0) is 69.8 Å². The zero-order chi connectivity index (χ0) is 21.0. The van der Waals surface area contributed by atoms with Crippen LogP contribution in [0.1, 0.15) is 44.9 Å². The summed E-state index contributed by atoms with van der Waals surface area (Å²) in [7, 11) is 0. The van der Waals surface area contributed by atoms with Gasteiger partial charge in [0.05, 0.1) is 23.6 Å². The Morgan fingerprint density at radius 2 is 1.84 bits per heavy atom. The number of nitrogens with zero attached hydrogens (tertiary/aromatic N) is 1. The van der Waals surface area contributed by atoms with Crippen LogP contribution in [0.15, 0.2) is 44.2 Å². The number of benzene rings is 1. The number of ether oxygens (including phenoxy) is 1. The highest BCUT2D eigenvalue weighted by Crippen LogP contribution is 2.35. The van der Waals surface area contributed by atoms with E-state index < -0.39 is 0 Å². The van der Waals surface area contributed by atoms with Crippen molar-refractivity contribution in [3.8, 4) is 5.75 Å². The van der Waals surface area contributed by atoms with Gasteiger partial charge in [-0.15, -0.1) is 0 Å². The lowest BCUT2D eigenvalue weighted by molar-refractivity contribution is 0.180. The molecule has 0 atom stereocenters. The minimum atomic E-state index is -0.370. The zero-order valence-corrected chi connectivity index (χ0v) is 18.1. The molecule has 2 aliphatic rings. The minimum absolute atomic E-state index is 0.370. The molecule has 2 fully saturated rings. The van der Waals surface area contributed by atoms with Gasteiger partial charge in [-0.3, -0.25) is 0 Å². The molecule has 1 N–H and O–H groups in total. The van der Waals surface area contributed by atoms with E-state index in [0.29, 0.717) is 23.8 Å². The van der Waals surface area contributed by atoms with Crippen LogP contribution in [-0.4, -0.2) is 43.7 Å². The molecule has 166 valence electrons. The van der Waals surface area contributed by atoms with E-state index in [9.17, 15) is 4.79 Å². The van der Waals surface area contributed by atoms with Gasteiger partial charge in [-0.2, -0.15) is 0 Å². The van der Waals surface area contributed by atoms with E-state index in [1.54, 1.807) is 18.4 Å². The summed E-state index contributed by atoms with van der Waals surface area (Å²) in [5.74, 6) is 1.65. The molecule has 6 heteroatoms. The van der Waals surface area contributed by atoms with Crippen LogP contribution in [0.3, 0.4) is 0 Å². The van der Waals surface area contributed by atoms with Crippen molar-refractivity contribution >= 4 is 21.9 Å². The first kappa shape index (κ1) is 20.6. The highest BCUT2D eigenvalue weighted by Gasteiger charge is 2.21. The first-order valence-electron chi connectivity index (χ1n) is 11.8. The van der Waals surface area contributed by atoms with Gasteiger partial charge in [0, 0.05) is 24.7 Å². The van der Waals surface area contributed by atoms with Crippen molar-refractivity contribution in [2.75, 3.05) is 32.8 Å². The van der Waals surface area contributed by atoms with Crippen LogP contribution in [0.2, 0.25) is 0 Å². The summed E-state index contributed by atoms with van der Waals surface area (Å²) < 4.78 is 17.0. The van der Waals surface area contributed by atoms with Crippen LogP contribution in [0.5, 0.6) is 5.75 Å². The quantitative estimate of drug-likeness (QED) is 0.423. The largest absolute Gasteiger partial charge is 0.492 e. The number of rotatable bonds is 8. The highest BCUT2D eigenvalue weighted by molar-refractivity contribution is 6.01. The van der Waals surface area contributed by atoms with E-state index in [1.165, 1.54) is 51.1 Å². The van der Waals surface area contributed by atoms with Crippen molar-refractivity contribution < 1.29 is 13.6 Å². The standard InChI is InChI=1S/C25H32N2O4/c28-24-7-6-20-23(31-24)16-22-21(10-15-29-22)25(20)30-14-3-11-27-12-8-19(9-13-27)26-17-18-4-1-2-5-18/h6-7,10,15-16,18-19,26H,1-5,8-9,11-14,17H2. The molecule has 0 bridgehead atoms. The lowest BCUT2D eigenvalue weighted by Crippen LogP contribution is -2.44. The average Bonchev–Trinajstić information content (AvgIpc) is 3.47. The van der Waals surface area contributed by atoms with E-state index in [4.69, 9.17) is 13.6 Å². The fourth-order valence-electron chi connectivity index (χ4n) is 5.14. The Bertz CT molecular complexity index is 1060. The number of hydrogen-bond donors (Lipinski definition) is 1. The molecule has 0 spiro atoms. The summed E-state index contributed by atoms with van der Waals surface area (Å²) in [6.07, 6.45) is 10.8. The van der Waals surface area contributed by atoms with Crippen molar-refractivity contribution in [3.05, 3.63) is 40.9 Å². The molecular formula is C25H32N2O4. The van der Waals surface area contributed by atoms with Crippen LogP contribution in [0, 0.1) is 5.92 Å². The van der Waals surface area contributed by atoms with Gasteiger partial charge in [0.1, 0.15) is 16.9 Å². The fourth-order valence-corrected chi connectivity index (χ4v) is 5.14. The normalized spacial score (nSPS) is 19.0. The summed E-state index contributed by atoms with van der Waals surface area (Å²) >= 11 is 0. The van der Waals surface area contributed by atoms with E-state index in [2.05, 4.69) is 10.2 Å². The summed E-state index contributed by atoms with van der Waals surface area (Å²) in [5.41, 5.74) is 0.798. The highest BCUT2D eigenvalue weighted by atomic mass is 16.5. The SMILES string of the molecule is O=c1ccc2c(OCCCN3CCC(NCC4CCCC4)CC3)c3ccoc3cc2o1. The van der Waals surface area contributed by atoms with Crippen LogP contribution in [0.25, 0.3) is 21.9 Å². The van der Waals surface area contributed by atoms with Crippen LogP contribution in [0.4, 0.5) is 0 Å². The molecule has 6 nitrogen and oxygen atoms in total. The zero-order valence-electron chi connectivity index (χ0n) is 18.1. The van der Waals surface area contributed by atoms with E-state index in [0.717, 1.165) is 48.5 Å². The number of furan rings is 1. The molecule has 1 saturated carbocycles. The van der Waals surface area contributed by atoms with Crippen LogP contribution >= 0.6 is 0 Å². The Morgan fingerprint density at radius 3 is 2.68 bits per heavy atom. The Balaban J connectivity index is 1.11. The molecule has 1 aliphatic carbocycles. The molecule has 31 heavy (non-hydrogen) atoms. The van der Waals surface area contributed by atoms with Crippen molar-refractivity contribution in [3.63, 3.8) is 0 Å². The molecule has 3 heterocycles. The second kappa shape index (κ2) is 9.45. The van der Waals surface area contributed by atoms with E-state index in [-0.39, 0.29) is 5.63 Å². The smallest absolute Gasteiger partial charge is 0.336 e. The van der Waals surface area contributed by atoms with Crippen LogP contribution in [-0.2, 0) is 0 Å². The summed E-state index contributed by atoms with van der Waals surface area (Å²) in [4.78, 5) is 14.1. The number of hydrogen-bond acceptors (Lipinski definition) is 6. The second-order valence-electron chi connectivity index (χ2n) is 9.08. The van der Waals surface area contributed by atoms with Gasteiger partial charge < -0.3 is 23.8 Å². The molecule has 0 amide bonds. The predicted octanol–water partition coefficient (Wildman–Crippen LogP) is 4.55. The van der Waals surface area contributed by atoms with Crippen LogP contribution < -0.4 is 15.7 Å². The molecule has 1 aromatic carbocycles. The number of nitrogens with one attached hydrogen (secondary N) is 1. The topological polar surface area (TPSA) is 67.8 Å². The van der Waals surface area contributed by atoms with Gasteiger partial charge in [0.2, 0.25) is 0 Å². The monoisotopic (exact) mass is 424 g/mol. The van der Waals surface area contributed by atoms with E-state index in [1.807, 2.05) is 6.07 Å². The lowest BCUT2D eigenvalue weighted by atomic mass is 10.0. The molecule has 0 unspecified atom stereocenters. The Labute approximate surface area is 182 Å². The summed E-state index contributed by atoms with van der Waals surface area (Å²) in [5, 5.41) is 5.54. The Hall–Kier alpha value is -2.31. The minimum Gasteiger partial charge on any atom is -0.492 e. The number of fused-ring (bicyclic) bond motifs is 2. The Morgan fingerprint density at radius 1 is 1.03 bits per heavy atom. The molecule has 5 rings (SSSR count). The third-order valence-electron chi connectivity index (χ3n) is 6.93. The van der Waals surface area contributed by atoms with Gasteiger partial charge in [-0.1, -0.05) is 12.8 Å². The molecule has 1 aliphatic heterocycles. The van der Waals surface area contributed by atoms with Crippen molar-refractivity contribution in [2.24, 2.45) is 5.92 Å². The summed E-state index contributed by atoms with van der Waals surface area (Å²) in [6, 6.07) is 7.55. The first-order chi connectivity index (χ1) is 15.3. The third-order valence-corrected chi connectivity index (χ3v) is 6.93. The van der Waals surface area contributed by atoms with Crippen molar-refractivity contribution in [2.45, 2.75) is 51.0 Å². The molecule has 1 saturated heterocycles. The number of piperidine rings is 1.